The molecular weight excluding hydrogens is 170 g/mol. The van der Waals surface area contributed by atoms with Gasteiger partial charge in [-0.1, -0.05) is 41.5 Å². The molecule has 0 unspecified atom stereocenters. The molecule has 14 heavy (non-hydrogen) atoms. The maximum absolute atomic E-state index is 8.90. The molecule has 0 radical (unpaired) electrons. The van der Waals surface area contributed by atoms with E-state index in [1.54, 1.807) is 0 Å². The molecule has 1 fully saturated rings. The van der Waals surface area contributed by atoms with Crippen LogP contribution in [0.1, 0.15) is 54.4 Å². The van der Waals surface area contributed by atoms with Crippen molar-refractivity contribution in [3.63, 3.8) is 0 Å². The maximum Gasteiger partial charge on any atom is 0.0656 e. The molecule has 1 heteroatoms. The predicted octanol–water partition coefficient (Wildman–Crippen LogP) is 4.00. The molecular formula is C13H23N. The van der Waals surface area contributed by atoms with Crippen LogP contribution >= 0.6 is 0 Å². The topological polar surface area (TPSA) is 23.8 Å². The summed E-state index contributed by atoms with van der Waals surface area (Å²) >= 11 is 0. The smallest absolute Gasteiger partial charge is 0.0656 e. The first-order valence-corrected chi connectivity index (χ1v) is 5.54. The van der Waals surface area contributed by atoms with Gasteiger partial charge in [-0.15, -0.1) is 0 Å². The molecule has 1 aliphatic rings. The summed E-state index contributed by atoms with van der Waals surface area (Å²) in [6.07, 6.45) is 2.16. The van der Waals surface area contributed by atoms with Crippen LogP contribution in [-0.4, -0.2) is 0 Å². The van der Waals surface area contributed by atoms with Gasteiger partial charge in [0, 0.05) is 5.92 Å². The highest BCUT2D eigenvalue weighted by atomic mass is 14.6. The van der Waals surface area contributed by atoms with Crippen molar-refractivity contribution < 1.29 is 0 Å². The normalized spacial score (nSPS) is 22.6. The van der Waals surface area contributed by atoms with E-state index in [0.717, 1.165) is 12.8 Å². The lowest BCUT2D eigenvalue weighted by Crippen LogP contribution is -2.54. The van der Waals surface area contributed by atoms with Crippen LogP contribution in [0.4, 0.5) is 0 Å². The third kappa shape index (κ3) is 1.45. The van der Waals surface area contributed by atoms with Gasteiger partial charge in [0.25, 0.3) is 0 Å². The van der Waals surface area contributed by atoms with Crippen LogP contribution < -0.4 is 0 Å². The van der Waals surface area contributed by atoms with E-state index in [9.17, 15) is 0 Å². The number of hydrogen-bond donors (Lipinski definition) is 0. The average Bonchev–Trinajstić information content (AvgIpc) is 1.77. The first-order valence-electron chi connectivity index (χ1n) is 5.54. The van der Waals surface area contributed by atoms with Gasteiger partial charge < -0.3 is 0 Å². The van der Waals surface area contributed by atoms with Crippen molar-refractivity contribution in [2.75, 3.05) is 0 Å². The van der Waals surface area contributed by atoms with Crippen LogP contribution in [0.3, 0.4) is 0 Å². The second-order valence-electron chi connectivity index (χ2n) is 6.82. The van der Waals surface area contributed by atoms with Crippen molar-refractivity contribution >= 4 is 0 Å². The van der Waals surface area contributed by atoms with Crippen LogP contribution in [-0.2, 0) is 0 Å². The molecule has 0 aromatic carbocycles. The van der Waals surface area contributed by atoms with E-state index in [1.165, 1.54) is 0 Å². The average molecular weight is 193 g/mol. The zero-order valence-electron chi connectivity index (χ0n) is 10.4. The fourth-order valence-corrected chi connectivity index (χ4v) is 3.22. The summed E-state index contributed by atoms with van der Waals surface area (Å²) in [7, 11) is 0. The van der Waals surface area contributed by atoms with Crippen LogP contribution in [0.25, 0.3) is 0 Å². The second-order valence-corrected chi connectivity index (χ2v) is 6.82. The molecule has 0 heterocycles. The fraction of sp³-hybridized carbons (Fsp3) is 0.923. The standard InChI is InChI=1S/C13H23N/c1-11(2,3)13(12(4,5)6)7-10(8-13)9-14/h10H,7-8H2,1-6H3. The Kier molecular flexibility index (Phi) is 2.47. The second kappa shape index (κ2) is 2.99. The van der Waals surface area contributed by atoms with Gasteiger partial charge in [0.05, 0.1) is 6.07 Å². The summed E-state index contributed by atoms with van der Waals surface area (Å²) < 4.78 is 0. The van der Waals surface area contributed by atoms with Crippen molar-refractivity contribution in [3.8, 4) is 6.07 Å². The molecule has 0 N–H and O–H groups in total. The van der Waals surface area contributed by atoms with Crippen LogP contribution in [0.5, 0.6) is 0 Å². The first kappa shape index (κ1) is 11.6. The van der Waals surface area contributed by atoms with Gasteiger partial charge >= 0.3 is 0 Å². The Bertz CT molecular complexity index is 234. The van der Waals surface area contributed by atoms with Gasteiger partial charge in [-0.3, -0.25) is 0 Å². The van der Waals surface area contributed by atoms with E-state index < -0.39 is 0 Å². The zero-order chi connectivity index (χ0) is 11.2. The van der Waals surface area contributed by atoms with E-state index in [4.69, 9.17) is 5.26 Å². The molecule has 1 rings (SSSR count). The molecule has 0 atom stereocenters. The Morgan fingerprint density at radius 2 is 1.36 bits per heavy atom. The minimum Gasteiger partial charge on any atom is -0.198 e. The largest absolute Gasteiger partial charge is 0.198 e. The minimum atomic E-state index is 0.299. The van der Waals surface area contributed by atoms with Gasteiger partial charge in [0.15, 0.2) is 0 Å². The van der Waals surface area contributed by atoms with Crippen LogP contribution in [0, 0.1) is 33.5 Å². The van der Waals surface area contributed by atoms with Gasteiger partial charge in [-0.2, -0.15) is 5.26 Å². The van der Waals surface area contributed by atoms with E-state index in [-0.39, 0.29) is 0 Å². The highest BCUT2D eigenvalue weighted by molar-refractivity contribution is 5.11. The summed E-state index contributed by atoms with van der Waals surface area (Å²) in [4.78, 5) is 0. The molecule has 0 amide bonds. The maximum atomic E-state index is 8.90. The van der Waals surface area contributed by atoms with E-state index in [2.05, 4.69) is 47.6 Å². The van der Waals surface area contributed by atoms with Gasteiger partial charge in [0.1, 0.15) is 0 Å². The molecule has 0 saturated heterocycles. The number of rotatable bonds is 0. The lowest BCUT2D eigenvalue weighted by atomic mass is 9.42. The molecule has 0 bridgehead atoms. The minimum absolute atomic E-state index is 0.299. The highest BCUT2D eigenvalue weighted by Crippen LogP contribution is 2.65. The summed E-state index contributed by atoms with van der Waals surface area (Å²) in [6.45, 7) is 13.9. The van der Waals surface area contributed by atoms with Crippen LogP contribution in [0.2, 0.25) is 0 Å². The summed E-state index contributed by atoms with van der Waals surface area (Å²) in [5.74, 6) is 0.299. The molecule has 80 valence electrons. The van der Waals surface area contributed by atoms with E-state index in [1.807, 2.05) is 0 Å². The van der Waals surface area contributed by atoms with Gasteiger partial charge in [0.2, 0.25) is 0 Å². The van der Waals surface area contributed by atoms with Crippen molar-refractivity contribution in [2.24, 2.45) is 22.2 Å². The quantitative estimate of drug-likeness (QED) is 0.570. The zero-order valence-corrected chi connectivity index (χ0v) is 10.4. The number of hydrogen-bond acceptors (Lipinski definition) is 1. The summed E-state index contributed by atoms with van der Waals surface area (Å²) in [5, 5.41) is 8.90. The third-order valence-corrected chi connectivity index (χ3v) is 4.24. The Morgan fingerprint density at radius 3 is 1.57 bits per heavy atom. The lowest BCUT2D eigenvalue weighted by molar-refractivity contribution is -0.121. The third-order valence-electron chi connectivity index (χ3n) is 4.24. The first-order chi connectivity index (χ1) is 6.14. The Morgan fingerprint density at radius 1 is 1.00 bits per heavy atom. The highest BCUT2D eigenvalue weighted by Gasteiger charge is 2.58. The molecule has 0 spiro atoms. The van der Waals surface area contributed by atoms with E-state index in [0.29, 0.717) is 22.2 Å². The van der Waals surface area contributed by atoms with Crippen molar-refractivity contribution in [3.05, 3.63) is 0 Å². The summed E-state index contributed by atoms with van der Waals surface area (Å²) in [5.41, 5.74) is 0.956. The Labute approximate surface area is 88.5 Å². The monoisotopic (exact) mass is 193 g/mol. The van der Waals surface area contributed by atoms with Crippen molar-refractivity contribution in [1.29, 1.82) is 5.26 Å². The molecule has 1 nitrogen and oxygen atoms in total. The molecule has 1 aliphatic carbocycles. The number of nitrogens with zero attached hydrogens (tertiary/aromatic N) is 1. The van der Waals surface area contributed by atoms with Gasteiger partial charge in [-0.25, -0.2) is 0 Å². The lowest BCUT2D eigenvalue weighted by Gasteiger charge is -2.61. The van der Waals surface area contributed by atoms with Crippen molar-refractivity contribution in [2.45, 2.75) is 54.4 Å². The number of nitriles is 1. The molecule has 0 aromatic heterocycles. The van der Waals surface area contributed by atoms with E-state index >= 15 is 0 Å². The Balaban J connectivity index is 2.94. The van der Waals surface area contributed by atoms with Gasteiger partial charge in [-0.05, 0) is 29.1 Å². The molecule has 0 aliphatic heterocycles. The summed E-state index contributed by atoms with van der Waals surface area (Å²) in [6, 6.07) is 2.40. The van der Waals surface area contributed by atoms with Crippen LogP contribution in [0.15, 0.2) is 0 Å². The fourth-order valence-electron chi connectivity index (χ4n) is 3.22. The molecule has 0 aromatic rings. The predicted molar refractivity (Wildman–Crippen MR) is 59.7 cm³/mol. The molecule has 1 saturated carbocycles. The SMILES string of the molecule is CC(C)(C)C1(C(C)(C)C)CC(C#N)C1. The Hall–Kier alpha value is -0.510. The van der Waals surface area contributed by atoms with Crippen molar-refractivity contribution in [1.82, 2.24) is 0 Å².